The second-order valence-electron chi connectivity index (χ2n) is 5.98. The van der Waals surface area contributed by atoms with Gasteiger partial charge in [0.25, 0.3) is 0 Å². The van der Waals surface area contributed by atoms with Gasteiger partial charge in [0.15, 0.2) is 0 Å². The summed E-state index contributed by atoms with van der Waals surface area (Å²) < 4.78 is 0. The number of benzene rings is 1. The van der Waals surface area contributed by atoms with Crippen LogP contribution in [0.4, 0.5) is 10.5 Å². The van der Waals surface area contributed by atoms with E-state index in [2.05, 4.69) is 10.6 Å². The first-order valence-corrected chi connectivity index (χ1v) is 8.11. The highest BCUT2D eigenvalue weighted by Gasteiger charge is 2.30. The lowest BCUT2D eigenvalue weighted by Crippen LogP contribution is -2.46. The van der Waals surface area contributed by atoms with Crippen molar-refractivity contribution in [3.63, 3.8) is 0 Å². The van der Waals surface area contributed by atoms with Crippen LogP contribution in [0.1, 0.15) is 25.7 Å². The summed E-state index contributed by atoms with van der Waals surface area (Å²) >= 11 is 5.91. The molecule has 1 aliphatic carbocycles. The van der Waals surface area contributed by atoms with Crippen LogP contribution in [0.2, 0.25) is 5.02 Å². The zero-order valence-electron chi connectivity index (χ0n) is 12.3. The van der Waals surface area contributed by atoms with E-state index in [1.54, 1.807) is 12.1 Å². The highest BCUT2D eigenvalue weighted by Crippen LogP contribution is 2.23. The van der Waals surface area contributed by atoms with Crippen molar-refractivity contribution in [1.29, 1.82) is 0 Å². The van der Waals surface area contributed by atoms with Gasteiger partial charge in [-0.15, -0.1) is 0 Å². The molecule has 3 amide bonds. The second kappa shape index (κ2) is 6.57. The number of likely N-dealkylation sites (tertiary alicyclic amines) is 1. The van der Waals surface area contributed by atoms with Crippen LogP contribution in [0.5, 0.6) is 0 Å². The molecule has 0 spiro atoms. The number of hydrogen-bond donors (Lipinski definition) is 2. The molecule has 6 heteroatoms. The van der Waals surface area contributed by atoms with Crippen LogP contribution in [0.15, 0.2) is 24.3 Å². The number of nitrogens with zero attached hydrogens (tertiary/aromatic N) is 1. The summed E-state index contributed by atoms with van der Waals surface area (Å²) in [5.41, 5.74) is 0.714. The molecule has 1 heterocycles. The van der Waals surface area contributed by atoms with Gasteiger partial charge in [0.1, 0.15) is 0 Å². The monoisotopic (exact) mass is 321 g/mol. The number of hydrogen-bond acceptors (Lipinski definition) is 2. The first-order chi connectivity index (χ1) is 10.6. The molecule has 1 aromatic carbocycles. The van der Waals surface area contributed by atoms with Crippen molar-refractivity contribution in [2.24, 2.45) is 5.92 Å². The summed E-state index contributed by atoms with van der Waals surface area (Å²) in [4.78, 5) is 26.0. The Hall–Kier alpha value is -1.75. The lowest BCUT2D eigenvalue weighted by molar-refractivity contribution is -0.121. The van der Waals surface area contributed by atoms with E-state index in [4.69, 9.17) is 11.6 Å². The quantitative estimate of drug-likeness (QED) is 0.899. The van der Waals surface area contributed by atoms with Crippen molar-refractivity contribution < 1.29 is 9.59 Å². The predicted molar refractivity (Wildman–Crippen MR) is 85.9 cm³/mol. The first-order valence-electron chi connectivity index (χ1n) is 7.74. The highest BCUT2D eigenvalue weighted by atomic mass is 35.5. The van der Waals surface area contributed by atoms with Gasteiger partial charge in [-0.1, -0.05) is 17.7 Å². The van der Waals surface area contributed by atoms with E-state index in [9.17, 15) is 9.59 Å². The molecule has 2 fully saturated rings. The van der Waals surface area contributed by atoms with Crippen molar-refractivity contribution in [1.82, 2.24) is 10.2 Å². The van der Waals surface area contributed by atoms with Crippen LogP contribution in [0.3, 0.4) is 0 Å². The van der Waals surface area contributed by atoms with E-state index in [-0.39, 0.29) is 17.9 Å². The van der Waals surface area contributed by atoms with E-state index >= 15 is 0 Å². The van der Waals surface area contributed by atoms with Crippen LogP contribution in [0.25, 0.3) is 0 Å². The minimum Gasteiger partial charge on any atom is -0.335 e. The molecule has 1 saturated carbocycles. The van der Waals surface area contributed by atoms with Gasteiger partial charge in [-0.25, -0.2) is 4.79 Å². The Kier molecular flexibility index (Phi) is 4.52. The molecule has 2 N–H and O–H groups in total. The Morgan fingerprint density at radius 3 is 2.50 bits per heavy atom. The molecule has 3 rings (SSSR count). The number of urea groups is 1. The summed E-state index contributed by atoms with van der Waals surface area (Å²) in [5.74, 6) is -0.0477. The SMILES string of the molecule is O=C(Nc1cccc(Cl)c1)C1CCN(C(=O)NC2CC2)CC1. The van der Waals surface area contributed by atoms with E-state index in [1.807, 2.05) is 17.0 Å². The Balaban J connectivity index is 1.48. The van der Waals surface area contributed by atoms with Gasteiger partial charge >= 0.3 is 6.03 Å². The fraction of sp³-hybridized carbons (Fsp3) is 0.500. The fourth-order valence-corrected chi connectivity index (χ4v) is 2.84. The van der Waals surface area contributed by atoms with Crippen molar-refractivity contribution in [3.8, 4) is 0 Å². The number of nitrogens with one attached hydrogen (secondary N) is 2. The Labute approximate surface area is 135 Å². The van der Waals surface area contributed by atoms with Gasteiger partial charge < -0.3 is 15.5 Å². The molecule has 2 aliphatic rings. The third-order valence-corrected chi connectivity index (χ3v) is 4.39. The molecule has 5 nitrogen and oxygen atoms in total. The van der Waals surface area contributed by atoms with E-state index in [1.165, 1.54) is 0 Å². The van der Waals surface area contributed by atoms with Crippen molar-refractivity contribution in [2.75, 3.05) is 18.4 Å². The molecule has 0 aromatic heterocycles. The molecular formula is C16H20ClN3O2. The average Bonchev–Trinajstić information content (AvgIpc) is 3.31. The van der Waals surface area contributed by atoms with Gasteiger partial charge in [0, 0.05) is 35.8 Å². The molecule has 1 aliphatic heterocycles. The standard InChI is InChI=1S/C16H20ClN3O2/c17-12-2-1-3-14(10-12)18-15(21)11-6-8-20(9-7-11)16(22)19-13-4-5-13/h1-3,10-11,13H,4-9H2,(H,18,21)(H,19,22). The number of carbonyl (C=O) groups excluding carboxylic acids is 2. The molecule has 118 valence electrons. The lowest BCUT2D eigenvalue weighted by Gasteiger charge is -2.31. The fourth-order valence-electron chi connectivity index (χ4n) is 2.65. The number of anilines is 1. The average molecular weight is 322 g/mol. The minimum absolute atomic E-state index is 0.00418. The van der Waals surface area contributed by atoms with Gasteiger partial charge in [-0.05, 0) is 43.9 Å². The Morgan fingerprint density at radius 1 is 1.14 bits per heavy atom. The van der Waals surface area contributed by atoms with Gasteiger partial charge in [-0.3, -0.25) is 4.79 Å². The van der Waals surface area contributed by atoms with Gasteiger partial charge in [0.2, 0.25) is 5.91 Å². The van der Waals surface area contributed by atoms with E-state index in [0.29, 0.717) is 42.7 Å². The molecule has 0 radical (unpaired) electrons. The molecule has 22 heavy (non-hydrogen) atoms. The summed E-state index contributed by atoms with van der Waals surface area (Å²) in [6, 6.07) is 7.52. The second-order valence-corrected chi connectivity index (χ2v) is 6.42. The minimum atomic E-state index is -0.0519. The van der Waals surface area contributed by atoms with Crippen LogP contribution >= 0.6 is 11.6 Å². The zero-order chi connectivity index (χ0) is 15.5. The molecule has 0 bridgehead atoms. The molecule has 0 unspecified atom stereocenters. The number of amides is 3. The smallest absolute Gasteiger partial charge is 0.317 e. The molecule has 1 saturated heterocycles. The van der Waals surface area contributed by atoms with Crippen LogP contribution in [-0.4, -0.2) is 36.0 Å². The number of carbonyl (C=O) groups is 2. The Bertz CT molecular complexity index is 566. The van der Waals surface area contributed by atoms with Gasteiger partial charge in [-0.2, -0.15) is 0 Å². The highest BCUT2D eigenvalue weighted by molar-refractivity contribution is 6.30. The third kappa shape index (κ3) is 3.91. The summed E-state index contributed by atoms with van der Waals surface area (Å²) in [6.07, 6.45) is 3.57. The van der Waals surface area contributed by atoms with Crippen molar-refractivity contribution >= 4 is 29.2 Å². The molecule has 0 atom stereocenters. The normalized spacial score (nSPS) is 18.9. The summed E-state index contributed by atoms with van der Waals surface area (Å²) in [7, 11) is 0. The predicted octanol–water partition coefficient (Wildman–Crippen LogP) is 2.86. The summed E-state index contributed by atoms with van der Waals surface area (Å²) in [6.45, 7) is 1.26. The number of rotatable bonds is 3. The Morgan fingerprint density at radius 2 is 1.86 bits per heavy atom. The largest absolute Gasteiger partial charge is 0.335 e. The summed E-state index contributed by atoms with van der Waals surface area (Å²) in [5, 5.41) is 6.48. The number of piperidine rings is 1. The maximum Gasteiger partial charge on any atom is 0.317 e. The van der Waals surface area contributed by atoms with Crippen LogP contribution < -0.4 is 10.6 Å². The topological polar surface area (TPSA) is 61.4 Å². The molecule has 1 aromatic rings. The third-order valence-electron chi connectivity index (χ3n) is 4.15. The maximum atomic E-state index is 12.3. The first kappa shape index (κ1) is 15.2. The lowest BCUT2D eigenvalue weighted by atomic mass is 9.96. The molecular weight excluding hydrogens is 302 g/mol. The van der Waals surface area contributed by atoms with Crippen LogP contribution in [-0.2, 0) is 4.79 Å². The maximum absolute atomic E-state index is 12.3. The zero-order valence-corrected chi connectivity index (χ0v) is 13.1. The van der Waals surface area contributed by atoms with E-state index < -0.39 is 0 Å². The van der Waals surface area contributed by atoms with Crippen molar-refractivity contribution in [3.05, 3.63) is 29.3 Å². The van der Waals surface area contributed by atoms with Crippen LogP contribution in [0, 0.1) is 5.92 Å². The van der Waals surface area contributed by atoms with Crippen molar-refractivity contribution in [2.45, 2.75) is 31.7 Å². The number of halogens is 1. The van der Waals surface area contributed by atoms with E-state index in [0.717, 1.165) is 12.8 Å². The van der Waals surface area contributed by atoms with Gasteiger partial charge in [0.05, 0.1) is 0 Å².